The fraction of sp³-hybridized carbons (Fsp3) is 0.714. The van der Waals surface area contributed by atoms with Crippen LogP contribution >= 0.6 is 0 Å². The zero-order chi connectivity index (χ0) is 16.5. The molecule has 0 bridgehead atoms. The van der Waals surface area contributed by atoms with Crippen LogP contribution in [0.25, 0.3) is 0 Å². The first-order valence-corrected chi connectivity index (χ1v) is 7.37. The third kappa shape index (κ3) is 6.55. The van der Waals surface area contributed by atoms with Crippen LogP contribution in [0, 0.1) is 5.92 Å². The molecule has 0 radical (unpaired) electrons. The van der Waals surface area contributed by atoms with E-state index in [-0.39, 0.29) is 25.2 Å². The van der Waals surface area contributed by atoms with Crippen LogP contribution < -0.4 is 5.73 Å². The minimum absolute atomic E-state index is 0.0211. The largest absolute Gasteiger partial charge is 0.370 e. The van der Waals surface area contributed by atoms with Crippen LogP contribution in [0.1, 0.15) is 45.4 Å². The number of carbonyl (C=O) groups excluding carboxylic acids is 4. The highest BCUT2D eigenvalue weighted by Crippen LogP contribution is 2.11. The van der Waals surface area contributed by atoms with Crippen LogP contribution in [0.15, 0.2) is 0 Å². The Hall–Kier alpha value is -2.12. The predicted molar refractivity (Wildman–Crippen MR) is 74.8 cm³/mol. The molecule has 22 heavy (non-hydrogen) atoms. The van der Waals surface area contributed by atoms with Crippen molar-refractivity contribution in [3.05, 3.63) is 0 Å². The molecule has 1 heterocycles. The molecule has 0 aromatic rings. The first kappa shape index (κ1) is 17.9. The maximum Gasteiger partial charge on any atom is 0.358 e. The second-order valence-electron chi connectivity index (χ2n) is 5.37. The van der Waals surface area contributed by atoms with E-state index in [1.165, 1.54) is 6.92 Å². The van der Waals surface area contributed by atoms with E-state index in [4.69, 9.17) is 5.73 Å². The predicted octanol–water partition coefficient (Wildman–Crippen LogP) is 0.292. The summed E-state index contributed by atoms with van der Waals surface area (Å²) in [6.45, 7) is 2.86. The summed E-state index contributed by atoms with van der Waals surface area (Å²) in [7, 11) is 0. The van der Waals surface area contributed by atoms with Crippen molar-refractivity contribution >= 4 is 23.8 Å². The molecular weight excluding hydrogens is 292 g/mol. The van der Waals surface area contributed by atoms with E-state index in [0.29, 0.717) is 13.1 Å². The Morgan fingerprint density at radius 2 is 1.68 bits per heavy atom. The molecule has 0 aliphatic carbocycles. The van der Waals surface area contributed by atoms with Gasteiger partial charge in [-0.15, -0.1) is 0 Å². The fourth-order valence-electron chi connectivity index (χ4n) is 2.11. The van der Waals surface area contributed by atoms with Crippen LogP contribution in [0.4, 0.5) is 0 Å². The van der Waals surface area contributed by atoms with Crippen LogP contribution in [0.5, 0.6) is 0 Å². The molecule has 8 nitrogen and oxygen atoms in total. The van der Waals surface area contributed by atoms with E-state index in [9.17, 15) is 19.2 Å². The normalized spacial score (nSPS) is 15.8. The molecule has 0 spiro atoms. The zero-order valence-electron chi connectivity index (χ0n) is 12.7. The van der Waals surface area contributed by atoms with Crippen molar-refractivity contribution in [1.29, 1.82) is 0 Å². The van der Waals surface area contributed by atoms with Crippen LogP contribution in [0.2, 0.25) is 0 Å². The van der Waals surface area contributed by atoms with E-state index in [1.807, 2.05) is 0 Å². The molecule has 1 saturated heterocycles. The smallest absolute Gasteiger partial charge is 0.358 e. The first-order valence-electron chi connectivity index (χ1n) is 7.37. The maximum atomic E-state index is 11.8. The van der Waals surface area contributed by atoms with E-state index < -0.39 is 23.8 Å². The highest BCUT2D eigenvalue weighted by Gasteiger charge is 2.21. The van der Waals surface area contributed by atoms with Gasteiger partial charge in [-0.05, 0) is 19.3 Å². The summed E-state index contributed by atoms with van der Waals surface area (Å²) in [6, 6.07) is 0. The van der Waals surface area contributed by atoms with Gasteiger partial charge in [0.15, 0.2) is 0 Å². The van der Waals surface area contributed by atoms with Gasteiger partial charge in [0, 0.05) is 25.9 Å². The Morgan fingerprint density at radius 1 is 1.05 bits per heavy atom. The number of hydrogen-bond acceptors (Lipinski definition) is 6. The molecule has 1 rings (SSSR count). The Labute approximate surface area is 128 Å². The van der Waals surface area contributed by atoms with Gasteiger partial charge in [-0.25, -0.2) is 19.4 Å². The maximum absolute atomic E-state index is 11.8. The van der Waals surface area contributed by atoms with Crippen molar-refractivity contribution in [2.75, 3.05) is 13.1 Å². The summed E-state index contributed by atoms with van der Waals surface area (Å²) in [4.78, 5) is 55.7. The van der Waals surface area contributed by atoms with Gasteiger partial charge in [0.05, 0.1) is 12.3 Å². The molecule has 124 valence electrons. The van der Waals surface area contributed by atoms with Gasteiger partial charge in [0.2, 0.25) is 11.8 Å². The Balaban J connectivity index is 2.21. The Kier molecular flexibility index (Phi) is 7.34. The van der Waals surface area contributed by atoms with Gasteiger partial charge >= 0.3 is 11.9 Å². The second-order valence-corrected chi connectivity index (χ2v) is 5.37. The van der Waals surface area contributed by atoms with Crippen molar-refractivity contribution in [1.82, 2.24) is 4.90 Å². The number of rotatable bonds is 6. The number of likely N-dealkylation sites (tertiary alicyclic amines) is 1. The molecule has 1 unspecified atom stereocenters. The average molecular weight is 314 g/mol. The van der Waals surface area contributed by atoms with E-state index in [1.54, 1.807) is 4.90 Å². The summed E-state index contributed by atoms with van der Waals surface area (Å²) >= 11 is 0. The van der Waals surface area contributed by atoms with Gasteiger partial charge in [0.25, 0.3) is 0 Å². The zero-order valence-corrected chi connectivity index (χ0v) is 12.7. The minimum Gasteiger partial charge on any atom is -0.370 e. The third-order valence-corrected chi connectivity index (χ3v) is 3.38. The lowest BCUT2D eigenvalue weighted by molar-refractivity contribution is -0.262. The number of nitrogens with zero attached hydrogens (tertiary/aromatic N) is 1. The molecular formula is C14H22N2O6. The molecule has 8 heteroatoms. The summed E-state index contributed by atoms with van der Waals surface area (Å²) in [5.74, 6) is -3.20. The average Bonchev–Trinajstić information content (AvgIpc) is 2.50. The third-order valence-electron chi connectivity index (χ3n) is 3.38. The number of piperidine rings is 1. The topological polar surface area (TPSA) is 116 Å². The molecule has 0 saturated carbocycles. The molecule has 0 aromatic heterocycles. The van der Waals surface area contributed by atoms with Crippen molar-refractivity contribution in [3.63, 3.8) is 0 Å². The number of nitrogens with two attached hydrogens (primary N) is 1. The fourth-order valence-corrected chi connectivity index (χ4v) is 2.11. The monoisotopic (exact) mass is 314 g/mol. The molecule has 1 atom stereocenters. The van der Waals surface area contributed by atoms with Crippen molar-refractivity contribution in [2.45, 2.75) is 45.4 Å². The molecule has 0 aromatic carbocycles. The highest BCUT2D eigenvalue weighted by atomic mass is 17.2. The lowest BCUT2D eigenvalue weighted by atomic mass is 10.1. The Morgan fingerprint density at radius 3 is 2.27 bits per heavy atom. The lowest BCUT2D eigenvalue weighted by Crippen LogP contribution is -2.35. The number of primary amides is 1. The molecule has 2 amide bonds. The molecule has 1 aliphatic rings. The van der Waals surface area contributed by atoms with Crippen LogP contribution in [0.3, 0.4) is 0 Å². The molecule has 1 aliphatic heterocycles. The van der Waals surface area contributed by atoms with E-state index in [2.05, 4.69) is 9.78 Å². The van der Waals surface area contributed by atoms with Gasteiger partial charge in [-0.3, -0.25) is 9.59 Å². The number of amides is 2. The van der Waals surface area contributed by atoms with E-state index in [0.717, 1.165) is 19.3 Å². The Bertz CT molecular complexity index is 431. The second kappa shape index (κ2) is 9.01. The standard InChI is InChI=1S/C14H22N2O6/c1-10(9-11(15)17)14(20)22-21-13(19)6-5-12(18)16-7-3-2-4-8-16/h10H,2-9H2,1H3,(H2,15,17). The summed E-state index contributed by atoms with van der Waals surface area (Å²) in [5, 5.41) is 0. The molecule has 2 N–H and O–H groups in total. The quantitative estimate of drug-likeness (QED) is 0.556. The van der Waals surface area contributed by atoms with Gasteiger partial charge in [-0.1, -0.05) is 6.92 Å². The first-order chi connectivity index (χ1) is 10.4. The number of carbonyl (C=O) groups is 4. The lowest BCUT2D eigenvalue weighted by Gasteiger charge is -2.26. The van der Waals surface area contributed by atoms with Gasteiger partial charge in [-0.2, -0.15) is 0 Å². The van der Waals surface area contributed by atoms with Gasteiger partial charge < -0.3 is 10.6 Å². The van der Waals surface area contributed by atoms with Crippen LogP contribution in [-0.2, 0) is 29.0 Å². The van der Waals surface area contributed by atoms with Crippen LogP contribution in [-0.4, -0.2) is 41.7 Å². The highest BCUT2D eigenvalue weighted by molar-refractivity contribution is 5.83. The summed E-state index contributed by atoms with van der Waals surface area (Å²) in [6.07, 6.45) is 2.74. The van der Waals surface area contributed by atoms with Crippen molar-refractivity contribution < 1.29 is 29.0 Å². The van der Waals surface area contributed by atoms with E-state index >= 15 is 0 Å². The molecule has 1 fully saturated rings. The minimum atomic E-state index is -0.852. The summed E-state index contributed by atoms with van der Waals surface area (Å²) < 4.78 is 0. The van der Waals surface area contributed by atoms with Gasteiger partial charge in [0.1, 0.15) is 0 Å². The SMILES string of the molecule is CC(CC(N)=O)C(=O)OOC(=O)CCC(=O)N1CCCCC1. The number of hydrogen-bond donors (Lipinski definition) is 1. The van der Waals surface area contributed by atoms with Crippen molar-refractivity contribution in [2.24, 2.45) is 11.7 Å². The van der Waals surface area contributed by atoms with Crippen molar-refractivity contribution in [3.8, 4) is 0 Å². The summed E-state index contributed by atoms with van der Waals surface area (Å²) in [5.41, 5.74) is 4.94.